The number of aryl methyl sites for hydroxylation is 1. The molecule has 0 spiro atoms. The Hall–Kier alpha value is -2.57. The Morgan fingerprint density at radius 3 is 3.00 bits per heavy atom. The monoisotopic (exact) mass is 345 g/mol. The molecule has 1 aliphatic heterocycles. The largest absolute Gasteiger partial charge is 0.548 e. The van der Waals surface area contributed by atoms with Crippen molar-refractivity contribution < 1.29 is 9.53 Å². The third-order valence-electron chi connectivity index (χ3n) is 4.34. The number of methoxy groups -OCH3 is 1. The van der Waals surface area contributed by atoms with Crippen LogP contribution in [0.3, 0.4) is 0 Å². The van der Waals surface area contributed by atoms with Crippen LogP contribution in [0.4, 0.5) is 10.5 Å². The normalized spacial score (nSPS) is 20.0. The van der Waals surface area contributed by atoms with Gasteiger partial charge in [0, 0.05) is 11.3 Å². The zero-order valence-corrected chi connectivity index (χ0v) is 14.2. The highest BCUT2D eigenvalue weighted by atomic mass is 32.1. The number of carbonyl (C=O) groups is 1. The summed E-state index contributed by atoms with van der Waals surface area (Å²) in [5.74, 6) is 0.827. The van der Waals surface area contributed by atoms with Crippen molar-refractivity contribution in [1.82, 2.24) is 14.3 Å². The van der Waals surface area contributed by atoms with Gasteiger partial charge in [0.05, 0.1) is 25.0 Å². The molecule has 8 nitrogen and oxygen atoms in total. The number of hydrogen-bond acceptors (Lipinski definition) is 7. The molecule has 0 fully saturated rings. The van der Waals surface area contributed by atoms with E-state index in [1.165, 1.54) is 13.4 Å². The number of imidazole rings is 1. The van der Waals surface area contributed by atoms with Gasteiger partial charge in [0.15, 0.2) is 0 Å². The Labute approximate surface area is 144 Å². The lowest BCUT2D eigenvalue weighted by atomic mass is 10.1. The number of thiol groups is 1. The maximum Gasteiger partial charge on any atom is 0.548 e. The number of quaternary nitrogens is 1. The van der Waals surface area contributed by atoms with E-state index in [0.29, 0.717) is 41.2 Å². The fraction of sp³-hybridized carbons (Fsp3) is 0.333. The van der Waals surface area contributed by atoms with Crippen molar-refractivity contribution in [2.45, 2.75) is 6.92 Å². The number of aromatic nitrogens is 2. The van der Waals surface area contributed by atoms with Crippen LogP contribution in [0, 0.1) is 18.3 Å². The lowest BCUT2D eigenvalue weighted by molar-refractivity contribution is 0.120. The zero-order valence-electron chi connectivity index (χ0n) is 13.4. The highest BCUT2D eigenvalue weighted by Crippen LogP contribution is 2.29. The number of anilines is 1. The van der Waals surface area contributed by atoms with E-state index >= 15 is 0 Å². The van der Waals surface area contributed by atoms with E-state index in [2.05, 4.69) is 28.7 Å². The average Bonchev–Trinajstić information content (AvgIpc) is 3.21. The van der Waals surface area contributed by atoms with Gasteiger partial charge < -0.3 is 10.5 Å². The molecule has 24 heavy (non-hydrogen) atoms. The number of nitrogens with zero attached hydrogens (tertiary/aromatic N) is 5. The molecule has 0 radical (unpaired) electrons. The van der Waals surface area contributed by atoms with Gasteiger partial charge in [-0.1, -0.05) is 4.59 Å². The van der Waals surface area contributed by atoms with Crippen molar-refractivity contribution >= 4 is 41.3 Å². The molecule has 1 atom stereocenters. The molecule has 1 amide bonds. The number of nitrogens with two attached hydrogens (primary N) is 1. The van der Waals surface area contributed by atoms with Crippen LogP contribution < -0.4 is 10.3 Å². The van der Waals surface area contributed by atoms with Crippen LogP contribution in [-0.2, 0) is 4.74 Å². The second-order valence-electron chi connectivity index (χ2n) is 5.46. The summed E-state index contributed by atoms with van der Waals surface area (Å²) in [6.07, 6.45) is 1.03. The van der Waals surface area contributed by atoms with E-state index in [9.17, 15) is 10.1 Å². The SMILES string of the molecule is COC(=O)[N+]1(n2cnc3c(C)c(N)cc(C#N)c32)CCN=C1CS. The fourth-order valence-corrected chi connectivity index (χ4v) is 3.42. The van der Waals surface area contributed by atoms with E-state index in [4.69, 9.17) is 10.5 Å². The summed E-state index contributed by atoms with van der Waals surface area (Å²) in [4.78, 5) is 21.5. The van der Waals surface area contributed by atoms with Crippen LogP contribution in [0.2, 0.25) is 0 Å². The smallest absolute Gasteiger partial charge is 0.421 e. The molecule has 9 heteroatoms. The standard InChI is InChI=1S/C15H16N6O2S/c1-9-11(17)5-10(6-16)14-13(9)19-8-20(14)21(15(22)23-2)4-3-18-12(21)7-24/h5,8H,3-4,7,17H2,1-2H3/p+1. The number of carbonyl (C=O) groups excluding carboxylic acids is 1. The Morgan fingerprint density at radius 2 is 2.38 bits per heavy atom. The molecule has 3 rings (SSSR count). The first kappa shape index (κ1) is 16.3. The van der Waals surface area contributed by atoms with Crippen molar-refractivity contribution in [3.63, 3.8) is 0 Å². The molecule has 1 aromatic carbocycles. The van der Waals surface area contributed by atoms with Gasteiger partial charge in [0.25, 0.3) is 0 Å². The summed E-state index contributed by atoms with van der Waals surface area (Å²) in [5, 5.41) is 9.52. The lowest BCUT2D eigenvalue weighted by Gasteiger charge is -2.29. The average molecular weight is 345 g/mol. The first-order valence-corrected chi connectivity index (χ1v) is 7.93. The number of ether oxygens (including phenoxy) is 1. The van der Waals surface area contributed by atoms with E-state index in [1.807, 2.05) is 6.92 Å². The molecule has 124 valence electrons. The summed E-state index contributed by atoms with van der Waals surface area (Å²) < 4.78 is 6.37. The molecule has 2 N–H and O–H groups in total. The van der Waals surface area contributed by atoms with Crippen molar-refractivity contribution in [1.29, 1.82) is 5.26 Å². The fourth-order valence-electron chi connectivity index (χ4n) is 3.08. The number of nitriles is 1. The van der Waals surface area contributed by atoms with Crippen LogP contribution in [0.5, 0.6) is 0 Å². The second-order valence-corrected chi connectivity index (χ2v) is 5.77. The molecule has 1 aliphatic rings. The number of fused-ring (bicyclic) bond motifs is 1. The molecule has 2 heterocycles. The van der Waals surface area contributed by atoms with E-state index in [0.717, 1.165) is 5.56 Å². The molecule has 1 unspecified atom stereocenters. The predicted molar refractivity (Wildman–Crippen MR) is 94.6 cm³/mol. The summed E-state index contributed by atoms with van der Waals surface area (Å²) in [6, 6.07) is 3.73. The Morgan fingerprint density at radius 1 is 1.62 bits per heavy atom. The van der Waals surface area contributed by atoms with Gasteiger partial charge in [-0.15, -0.1) is 0 Å². The molecular formula is C15H17N6O2S+. The Kier molecular flexibility index (Phi) is 3.95. The molecule has 1 aromatic heterocycles. The first-order chi connectivity index (χ1) is 11.5. The van der Waals surface area contributed by atoms with E-state index in [-0.39, 0.29) is 10.3 Å². The quantitative estimate of drug-likeness (QED) is 0.485. The topological polar surface area (TPSA) is 106 Å². The predicted octanol–water partition coefficient (Wildman–Crippen LogP) is 1.35. The van der Waals surface area contributed by atoms with Crippen molar-refractivity contribution in [2.75, 3.05) is 31.7 Å². The van der Waals surface area contributed by atoms with E-state index in [1.54, 1.807) is 10.7 Å². The van der Waals surface area contributed by atoms with Crippen LogP contribution in [-0.4, -0.2) is 47.5 Å². The van der Waals surface area contributed by atoms with Crippen LogP contribution >= 0.6 is 12.6 Å². The summed E-state index contributed by atoms with van der Waals surface area (Å²) in [7, 11) is 1.32. The third kappa shape index (κ3) is 2.00. The maximum atomic E-state index is 12.7. The van der Waals surface area contributed by atoms with Gasteiger partial charge >= 0.3 is 6.09 Å². The second kappa shape index (κ2) is 5.81. The Bertz CT molecular complexity index is 913. The summed E-state index contributed by atoms with van der Waals surface area (Å²) in [5.41, 5.74) is 8.67. The lowest BCUT2D eigenvalue weighted by Crippen LogP contribution is -2.64. The molecular weight excluding hydrogens is 328 g/mol. The zero-order chi connectivity index (χ0) is 17.5. The minimum atomic E-state index is -0.502. The number of hydrogen-bond donors (Lipinski definition) is 2. The molecule has 0 bridgehead atoms. The molecule has 0 saturated heterocycles. The maximum absolute atomic E-state index is 12.7. The van der Waals surface area contributed by atoms with Gasteiger partial charge in [-0.3, -0.25) is 0 Å². The molecule has 2 aromatic rings. The van der Waals surface area contributed by atoms with Crippen LogP contribution in [0.25, 0.3) is 11.0 Å². The van der Waals surface area contributed by atoms with Gasteiger partial charge in [-0.2, -0.15) is 27.4 Å². The van der Waals surface area contributed by atoms with Crippen molar-refractivity contribution in [3.8, 4) is 6.07 Å². The first-order valence-electron chi connectivity index (χ1n) is 7.29. The van der Waals surface area contributed by atoms with Gasteiger partial charge in [0.1, 0.15) is 30.0 Å². The number of rotatable bonds is 2. The Balaban J connectivity index is 2.40. The number of amides is 1. The van der Waals surface area contributed by atoms with Gasteiger partial charge in [-0.25, -0.2) is 9.98 Å². The molecule has 0 saturated carbocycles. The number of amidine groups is 1. The molecule has 0 aliphatic carbocycles. The van der Waals surface area contributed by atoms with Crippen LogP contribution in [0.15, 0.2) is 17.4 Å². The van der Waals surface area contributed by atoms with Gasteiger partial charge in [-0.05, 0) is 13.0 Å². The van der Waals surface area contributed by atoms with Gasteiger partial charge in [0.2, 0.25) is 5.84 Å². The summed E-state index contributed by atoms with van der Waals surface area (Å²) >= 11 is 4.30. The third-order valence-corrected chi connectivity index (χ3v) is 4.63. The minimum Gasteiger partial charge on any atom is -0.421 e. The number of benzene rings is 1. The van der Waals surface area contributed by atoms with E-state index < -0.39 is 6.09 Å². The highest BCUT2D eigenvalue weighted by molar-refractivity contribution is 7.81. The van der Waals surface area contributed by atoms with Crippen molar-refractivity contribution in [3.05, 3.63) is 23.5 Å². The summed E-state index contributed by atoms with van der Waals surface area (Å²) in [6.45, 7) is 2.67. The van der Waals surface area contributed by atoms with Crippen LogP contribution in [0.1, 0.15) is 11.1 Å². The van der Waals surface area contributed by atoms with Crippen molar-refractivity contribution in [2.24, 2.45) is 4.99 Å². The minimum absolute atomic E-state index is 0.282. The number of aliphatic imine (C=N–C) groups is 1. The highest BCUT2D eigenvalue weighted by Gasteiger charge is 2.50. The number of nitrogen functional groups attached to an aromatic ring is 1.